The van der Waals surface area contributed by atoms with Gasteiger partial charge in [-0.3, -0.25) is 4.79 Å². The van der Waals surface area contributed by atoms with Gasteiger partial charge in [0.15, 0.2) is 12.6 Å². The summed E-state index contributed by atoms with van der Waals surface area (Å²) in [6, 6.07) is 2.72. The second kappa shape index (κ2) is 7.99. The number of halogens is 3. The molecule has 0 saturated heterocycles. The topological polar surface area (TPSA) is 44.8 Å². The van der Waals surface area contributed by atoms with Gasteiger partial charge in [0.25, 0.3) is 0 Å². The van der Waals surface area contributed by atoms with Gasteiger partial charge in [-0.15, -0.1) is 0 Å². The van der Waals surface area contributed by atoms with Crippen LogP contribution in [0.15, 0.2) is 18.2 Å². The first-order valence-electron chi connectivity index (χ1n) is 6.44. The first-order chi connectivity index (χ1) is 9.92. The zero-order valence-electron chi connectivity index (χ0n) is 11.8. The fourth-order valence-corrected chi connectivity index (χ4v) is 1.62. The van der Waals surface area contributed by atoms with Gasteiger partial charge in [-0.25, -0.2) is 0 Å². The summed E-state index contributed by atoms with van der Waals surface area (Å²) in [5.41, 5.74) is -1.07. The van der Waals surface area contributed by atoms with Gasteiger partial charge in [0.1, 0.15) is 12.4 Å². The van der Waals surface area contributed by atoms with E-state index in [0.29, 0.717) is 19.5 Å². The van der Waals surface area contributed by atoms with Crippen molar-refractivity contribution < 1.29 is 32.2 Å². The second-order valence-corrected chi connectivity index (χ2v) is 4.02. The summed E-state index contributed by atoms with van der Waals surface area (Å²) in [4.78, 5) is 10.9. The Bertz CT molecular complexity index is 454. The number of carbonyl (C=O) groups excluding carboxylic acids is 1. The SMILES string of the molecule is CCOC(COc1ccc(C(F)(F)F)cc1C=O)OCC. The van der Waals surface area contributed by atoms with Crippen molar-refractivity contribution in [2.24, 2.45) is 0 Å². The molecule has 0 heterocycles. The highest BCUT2D eigenvalue weighted by atomic mass is 19.4. The summed E-state index contributed by atoms with van der Waals surface area (Å²) in [6.45, 7) is 4.35. The number of aldehydes is 1. The Morgan fingerprint density at radius 1 is 1.19 bits per heavy atom. The monoisotopic (exact) mass is 306 g/mol. The first-order valence-corrected chi connectivity index (χ1v) is 6.44. The molecule has 0 saturated carbocycles. The number of hydrogen-bond donors (Lipinski definition) is 0. The summed E-state index contributed by atoms with van der Waals surface area (Å²) in [5.74, 6) is 0.0578. The van der Waals surface area contributed by atoms with Crippen LogP contribution in [0.2, 0.25) is 0 Å². The minimum Gasteiger partial charge on any atom is -0.488 e. The van der Waals surface area contributed by atoms with Crippen molar-refractivity contribution in [2.75, 3.05) is 19.8 Å². The summed E-state index contributed by atoms with van der Waals surface area (Å²) in [5, 5.41) is 0. The first kappa shape index (κ1) is 17.5. The van der Waals surface area contributed by atoms with Crippen LogP contribution >= 0.6 is 0 Å². The number of ether oxygens (including phenoxy) is 3. The summed E-state index contributed by atoms with van der Waals surface area (Å²) >= 11 is 0. The lowest BCUT2D eigenvalue weighted by atomic mass is 10.1. The van der Waals surface area contributed by atoms with Gasteiger partial charge in [-0.1, -0.05) is 0 Å². The van der Waals surface area contributed by atoms with E-state index in [9.17, 15) is 18.0 Å². The lowest BCUT2D eigenvalue weighted by Gasteiger charge is -2.18. The molecule has 1 aromatic carbocycles. The average molecular weight is 306 g/mol. The van der Waals surface area contributed by atoms with E-state index in [-0.39, 0.29) is 17.9 Å². The molecule has 21 heavy (non-hydrogen) atoms. The average Bonchev–Trinajstić information content (AvgIpc) is 2.44. The molecule has 118 valence electrons. The third-order valence-corrected chi connectivity index (χ3v) is 2.54. The Labute approximate surface area is 120 Å². The lowest BCUT2D eigenvalue weighted by Crippen LogP contribution is -2.25. The molecule has 0 aliphatic heterocycles. The Kier molecular flexibility index (Phi) is 6.64. The standard InChI is InChI=1S/C14H17F3O4/c1-3-19-13(20-4-2)9-21-12-6-5-11(14(15,16)17)7-10(12)8-18/h5-8,13H,3-4,9H2,1-2H3. The van der Waals surface area contributed by atoms with E-state index in [2.05, 4.69) is 0 Å². The van der Waals surface area contributed by atoms with Crippen molar-refractivity contribution in [2.45, 2.75) is 26.3 Å². The van der Waals surface area contributed by atoms with Gasteiger partial charge < -0.3 is 14.2 Å². The molecule has 0 fully saturated rings. The van der Waals surface area contributed by atoms with Gasteiger partial charge in [0.2, 0.25) is 0 Å². The second-order valence-electron chi connectivity index (χ2n) is 4.02. The molecule has 0 aliphatic rings. The molecule has 0 N–H and O–H groups in total. The van der Waals surface area contributed by atoms with Crippen molar-refractivity contribution in [3.8, 4) is 5.75 Å². The molecule has 0 atom stereocenters. The summed E-state index contributed by atoms with van der Waals surface area (Å²) < 4.78 is 53.5. The van der Waals surface area contributed by atoms with Crippen LogP contribution < -0.4 is 4.74 Å². The minimum atomic E-state index is -4.50. The highest BCUT2D eigenvalue weighted by Crippen LogP contribution is 2.32. The van der Waals surface area contributed by atoms with Crippen LogP contribution in [0.3, 0.4) is 0 Å². The summed E-state index contributed by atoms with van der Waals surface area (Å²) in [6.07, 6.45) is -4.82. The van der Waals surface area contributed by atoms with E-state index in [4.69, 9.17) is 14.2 Å². The van der Waals surface area contributed by atoms with Crippen molar-refractivity contribution in [3.05, 3.63) is 29.3 Å². The highest BCUT2D eigenvalue weighted by Gasteiger charge is 2.31. The van der Waals surface area contributed by atoms with E-state index in [1.165, 1.54) is 0 Å². The van der Waals surface area contributed by atoms with E-state index >= 15 is 0 Å². The molecular weight excluding hydrogens is 289 g/mol. The fraction of sp³-hybridized carbons (Fsp3) is 0.500. The lowest BCUT2D eigenvalue weighted by molar-refractivity contribution is -0.152. The van der Waals surface area contributed by atoms with E-state index in [0.717, 1.165) is 18.2 Å². The van der Waals surface area contributed by atoms with E-state index in [1.54, 1.807) is 13.8 Å². The maximum atomic E-state index is 12.6. The number of hydrogen-bond acceptors (Lipinski definition) is 4. The maximum Gasteiger partial charge on any atom is 0.416 e. The Morgan fingerprint density at radius 2 is 1.81 bits per heavy atom. The normalized spacial score (nSPS) is 11.7. The van der Waals surface area contributed by atoms with Crippen LogP contribution in [-0.4, -0.2) is 32.4 Å². The quantitative estimate of drug-likeness (QED) is 0.546. The van der Waals surface area contributed by atoms with E-state index in [1.807, 2.05) is 0 Å². The molecule has 0 aliphatic carbocycles. The third-order valence-electron chi connectivity index (χ3n) is 2.54. The number of alkyl halides is 3. The zero-order valence-corrected chi connectivity index (χ0v) is 11.8. The molecular formula is C14H17F3O4. The van der Waals surface area contributed by atoms with Gasteiger partial charge in [-0.05, 0) is 32.0 Å². The van der Waals surface area contributed by atoms with E-state index < -0.39 is 18.0 Å². The molecule has 7 heteroatoms. The van der Waals surface area contributed by atoms with Gasteiger partial charge in [-0.2, -0.15) is 13.2 Å². The van der Waals surface area contributed by atoms with Crippen LogP contribution in [0.25, 0.3) is 0 Å². The van der Waals surface area contributed by atoms with Crippen LogP contribution in [0.4, 0.5) is 13.2 Å². The summed E-state index contributed by atoms with van der Waals surface area (Å²) in [7, 11) is 0. The Morgan fingerprint density at radius 3 is 2.29 bits per heavy atom. The molecule has 4 nitrogen and oxygen atoms in total. The van der Waals surface area contributed by atoms with Crippen LogP contribution in [-0.2, 0) is 15.7 Å². The predicted molar refractivity (Wildman–Crippen MR) is 69.4 cm³/mol. The number of benzene rings is 1. The van der Waals surface area contributed by atoms with Crippen molar-refractivity contribution in [1.82, 2.24) is 0 Å². The van der Waals surface area contributed by atoms with Crippen LogP contribution in [0.5, 0.6) is 5.75 Å². The fourth-order valence-electron chi connectivity index (χ4n) is 1.62. The van der Waals surface area contributed by atoms with Gasteiger partial charge >= 0.3 is 6.18 Å². The van der Waals surface area contributed by atoms with Gasteiger partial charge in [0.05, 0.1) is 11.1 Å². The predicted octanol–water partition coefficient (Wildman–Crippen LogP) is 3.30. The zero-order chi connectivity index (χ0) is 15.9. The Balaban J connectivity index is 2.81. The molecule has 0 bridgehead atoms. The Hall–Kier alpha value is -1.60. The molecule has 0 radical (unpaired) electrons. The van der Waals surface area contributed by atoms with Crippen molar-refractivity contribution >= 4 is 6.29 Å². The molecule has 0 aromatic heterocycles. The van der Waals surface area contributed by atoms with Crippen molar-refractivity contribution in [3.63, 3.8) is 0 Å². The minimum absolute atomic E-state index is 0.0200. The third kappa shape index (κ3) is 5.35. The maximum absolute atomic E-state index is 12.6. The smallest absolute Gasteiger partial charge is 0.416 e. The van der Waals surface area contributed by atoms with Crippen LogP contribution in [0.1, 0.15) is 29.8 Å². The molecule has 0 spiro atoms. The molecule has 1 rings (SSSR count). The molecule has 1 aromatic rings. The number of carbonyl (C=O) groups is 1. The van der Waals surface area contributed by atoms with Crippen LogP contribution in [0, 0.1) is 0 Å². The van der Waals surface area contributed by atoms with Gasteiger partial charge in [0, 0.05) is 13.2 Å². The highest BCUT2D eigenvalue weighted by molar-refractivity contribution is 5.79. The molecule has 0 amide bonds. The number of rotatable bonds is 8. The molecule has 0 unspecified atom stereocenters. The largest absolute Gasteiger partial charge is 0.488 e. The van der Waals surface area contributed by atoms with Crippen molar-refractivity contribution in [1.29, 1.82) is 0 Å².